The fourth-order valence-electron chi connectivity index (χ4n) is 4.77. The molecule has 3 heterocycles. The van der Waals surface area contributed by atoms with Crippen LogP contribution in [-0.2, 0) is 19.4 Å². The zero-order valence-electron chi connectivity index (χ0n) is 24.0. The first-order chi connectivity index (χ1) is 19.4. The van der Waals surface area contributed by atoms with Crippen LogP contribution in [0.1, 0.15) is 48.6 Å². The zero-order chi connectivity index (χ0) is 28.2. The van der Waals surface area contributed by atoms with E-state index in [1.165, 1.54) is 0 Å². The summed E-state index contributed by atoms with van der Waals surface area (Å²) in [6.45, 7) is 8.25. The number of benzene rings is 2. The molecule has 2 aromatic carbocycles. The molecule has 0 spiro atoms. The Balaban J connectivity index is 0.00000387. The molecule has 3 aromatic heterocycles. The molecule has 0 aliphatic heterocycles. The van der Waals surface area contributed by atoms with E-state index in [0.717, 1.165) is 45.8 Å². The first kappa shape index (κ1) is 30.8. The standard InChI is InChI=1S/C31H31N5O4.K/c1-5-9-26-33-25(6-2)28(39-27-17-19(3)16-20(4)32-27)30(37)36(26)18-21-12-14-22(15-13-21)23-10-7-8-11-24(23)29-34-31(38)40-35-29;/h7-8,10-17H,5-6,9,18H2,1-4H3,(H,34,35,38);. The molecular formula is C31H31KN5O4. The molecule has 0 saturated carbocycles. The number of ether oxygens (including phenoxy) is 1. The number of hydrogen-bond acceptors (Lipinski definition) is 7. The fourth-order valence-corrected chi connectivity index (χ4v) is 4.77. The maximum Gasteiger partial charge on any atom is 0.439 e. The van der Waals surface area contributed by atoms with E-state index in [4.69, 9.17) is 14.2 Å². The number of nitrogens with zero attached hydrogens (tertiary/aromatic N) is 4. The van der Waals surface area contributed by atoms with Crippen molar-refractivity contribution in [3.63, 3.8) is 0 Å². The van der Waals surface area contributed by atoms with Crippen LogP contribution in [0.25, 0.3) is 22.5 Å². The third-order valence-electron chi connectivity index (χ3n) is 6.59. The normalized spacial score (nSPS) is 10.8. The van der Waals surface area contributed by atoms with Gasteiger partial charge in [0.05, 0.1) is 12.2 Å². The SMILES string of the molecule is CCCc1nc(CC)c(Oc2cc(C)cc(C)n2)c(=O)n1Cc1ccc(-c2ccccc2-c2noc(=O)[nH]2)cc1.[K]. The van der Waals surface area contributed by atoms with E-state index in [9.17, 15) is 9.59 Å². The number of aryl methyl sites for hydroxylation is 4. The number of hydrogen-bond donors (Lipinski definition) is 1. The largest absolute Gasteiger partial charge is 0.439 e. The predicted molar refractivity (Wildman–Crippen MR) is 159 cm³/mol. The molecular weight excluding hydrogens is 545 g/mol. The number of pyridine rings is 1. The topological polar surface area (TPSA) is 116 Å². The molecule has 0 amide bonds. The average molecular weight is 577 g/mol. The van der Waals surface area contributed by atoms with Crippen LogP contribution < -0.4 is 16.1 Å². The summed E-state index contributed by atoms with van der Waals surface area (Å²) in [4.78, 5) is 37.3. The van der Waals surface area contributed by atoms with E-state index in [0.29, 0.717) is 36.8 Å². The first-order valence-corrected chi connectivity index (χ1v) is 13.4. The Hall–Kier alpha value is -3.15. The van der Waals surface area contributed by atoms with Crippen molar-refractivity contribution in [3.8, 4) is 34.1 Å². The summed E-state index contributed by atoms with van der Waals surface area (Å²) in [6.07, 6.45) is 2.10. The van der Waals surface area contributed by atoms with E-state index >= 15 is 0 Å². The van der Waals surface area contributed by atoms with Crippen molar-refractivity contribution in [1.29, 1.82) is 0 Å². The number of rotatable bonds is 9. The summed E-state index contributed by atoms with van der Waals surface area (Å²) in [5.41, 5.74) is 5.76. The number of nitrogens with one attached hydrogen (secondary N) is 1. The summed E-state index contributed by atoms with van der Waals surface area (Å²) >= 11 is 0. The van der Waals surface area contributed by atoms with Crippen LogP contribution in [0.4, 0.5) is 0 Å². The minimum absolute atomic E-state index is 0. The van der Waals surface area contributed by atoms with E-state index in [1.54, 1.807) is 4.57 Å². The van der Waals surface area contributed by atoms with Crippen molar-refractivity contribution in [2.75, 3.05) is 0 Å². The van der Waals surface area contributed by atoms with Crippen LogP contribution in [0.2, 0.25) is 0 Å². The van der Waals surface area contributed by atoms with Gasteiger partial charge in [-0.25, -0.2) is 14.8 Å². The Bertz CT molecular complexity index is 1750. The Morgan fingerprint density at radius 3 is 2.32 bits per heavy atom. The molecule has 0 unspecified atom stereocenters. The van der Waals surface area contributed by atoms with Crippen molar-refractivity contribution < 1.29 is 9.26 Å². The Kier molecular flexibility index (Phi) is 10.3. The summed E-state index contributed by atoms with van der Waals surface area (Å²) < 4.78 is 12.5. The van der Waals surface area contributed by atoms with Gasteiger partial charge in [0.25, 0.3) is 5.56 Å². The van der Waals surface area contributed by atoms with Crippen LogP contribution in [0, 0.1) is 13.8 Å². The molecule has 1 radical (unpaired) electrons. The van der Waals surface area contributed by atoms with Gasteiger partial charge in [-0.15, -0.1) is 0 Å². The van der Waals surface area contributed by atoms with E-state index in [-0.39, 0.29) is 62.7 Å². The molecule has 0 aliphatic carbocycles. The van der Waals surface area contributed by atoms with E-state index in [2.05, 4.69) is 22.0 Å². The molecule has 205 valence electrons. The van der Waals surface area contributed by atoms with Crippen molar-refractivity contribution >= 4 is 51.4 Å². The van der Waals surface area contributed by atoms with E-state index in [1.807, 2.05) is 81.4 Å². The third-order valence-corrected chi connectivity index (χ3v) is 6.59. The van der Waals surface area contributed by atoms with Gasteiger partial charge in [-0.1, -0.05) is 67.5 Å². The Labute approximate surface area is 280 Å². The summed E-state index contributed by atoms with van der Waals surface area (Å²) in [7, 11) is 0. The molecule has 10 heteroatoms. The van der Waals surface area contributed by atoms with Gasteiger partial charge in [0.15, 0.2) is 5.82 Å². The molecule has 0 fully saturated rings. The number of H-pyrrole nitrogens is 1. The smallest absolute Gasteiger partial charge is 0.431 e. The Morgan fingerprint density at radius 1 is 0.951 bits per heavy atom. The summed E-state index contributed by atoms with van der Waals surface area (Å²) in [5, 5.41) is 3.84. The van der Waals surface area contributed by atoms with Crippen LogP contribution in [0.5, 0.6) is 11.6 Å². The summed E-state index contributed by atoms with van der Waals surface area (Å²) in [5.74, 6) is 1.10. The number of aromatic nitrogens is 5. The average Bonchev–Trinajstić information content (AvgIpc) is 3.38. The molecule has 9 nitrogen and oxygen atoms in total. The van der Waals surface area contributed by atoms with Crippen LogP contribution >= 0.6 is 0 Å². The van der Waals surface area contributed by atoms with Crippen molar-refractivity contribution in [2.24, 2.45) is 0 Å². The molecule has 1 N–H and O–H groups in total. The molecule has 0 aliphatic rings. The minimum Gasteiger partial charge on any atom is -0.431 e. The second-order valence-electron chi connectivity index (χ2n) is 9.71. The van der Waals surface area contributed by atoms with Gasteiger partial charge < -0.3 is 4.74 Å². The van der Waals surface area contributed by atoms with E-state index < -0.39 is 5.76 Å². The van der Waals surface area contributed by atoms with Gasteiger partial charge in [0.2, 0.25) is 11.6 Å². The fraction of sp³-hybridized carbons (Fsp3) is 0.258. The summed E-state index contributed by atoms with van der Waals surface area (Å²) in [6, 6.07) is 19.4. The van der Waals surface area contributed by atoms with Gasteiger partial charge in [0.1, 0.15) is 5.82 Å². The zero-order valence-corrected chi connectivity index (χ0v) is 27.1. The second-order valence-corrected chi connectivity index (χ2v) is 9.71. The monoisotopic (exact) mass is 576 g/mol. The van der Waals surface area contributed by atoms with Crippen LogP contribution in [0.3, 0.4) is 0 Å². The molecule has 0 atom stereocenters. The van der Waals surface area contributed by atoms with Crippen molar-refractivity contribution in [3.05, 3.63) is 110 Å². The van der Waals surface area contributed by atoms with Crippen molar-refractivity contribution in [1.82, 2.24) is 24.7 Å². The third kappa shape index (κ3) is 7.02. The minimum atomic E-state index is -0.604. The van der Waals surface area contributed by atoms with Gasteiger partial charge in [-0.05, 0) is 55.0 Å². The molecule has 41 heavy (non-hydrogen) atoms. The van der Waals surface area contributed by atoms with Crippen LogP contribution in [0.15, 0.2) is 74.8 Å². The molecule has 5 aromatic rings. The van der Waals surface area contributed by atoms with Gasteiger partial charge >= 0.3 is 5.76 Å². The quantitative estimate of drug-likeness (QED) is 0.239. The van der Waals surface area contributed by atoms with Gasteiger partial charge in [-0.3, -0.25) is 18.9 Å². The maximum atomic E-state index is 13.8. The van der Waals surface area contributed by atoms with Crippen LogP contribution in [-0.4, -0.2) is 76.1 Å². The molecule has 0 saturated heterocycles. The maximum absolute atomic E-state index is 13.8. The number of aromatic amines is 1. The predicted octanol–water partition coefficient (Wildman–Crippen LogP) is 5.24. The van der Waals surface area contributed by atoms with Gasteiger partial charge in [0, 0.05) is 75.1 Å². The second kappa shape index (κ2) is 13.7. The van der Waals surface area contributed by atoms with Crippen molar-refractivity contribution in [2.45, 2.75) is 53.5 Å². The Morgan fingerprint density at radius 2 is 1.68 bits per heavy atom. The molecule has 0 bridgehead atoms. The first-order valence-electron chi connectivity index (χ1n) is 13.4. The van der Waals surface area contributed by atoms with Gasteiger partial charge in [-0.2, -0.15) is 0 Å². The molecule has 5 rings (SSSR count).